The number of hydrogen-bond acceptors (Lipinski definition) is 7. The number of aromatic nitrogens is 1. The van der Waals surface area contributed by atoms with E-state index < -0.39 is 4.92 Å². The number of rotatable bonds is 5. The van der Waals surface area contributed by atoms with Gasteiger partial charge in [-0.2, -0.15) is 0 Å². The molecule has 1 aliphatic heterocycles. The predicted molar refractivity (Wildman–Crippen MR) is 74.1 cm³/mol. The molecule has 110 valence electrons. The first-order valence-corrected chi connectivity index (χ1v) is 6.52. The monoisotopic (exact) mass is 282 g/mol. The molecule has 1 atom stereocenters. The van der Waals surface area contributed by atoms with Gasteiger partial charge in [-0.05, 0) is 13.0 Å². The van der Waals surface area contributed by atoms with Gasteiger partial charge in [0.1, 0.15) is 5.82 Å². The molecule has 1 aromatic heterocycles. The van der Waals surface area contributed by atoms with Gasteiger partial charge in [-0.3, -0.25) is 10.1 Å². The lowest BCUT2D eigenvalue weighted by Gasteiger charge is -2.35. The fourth-order valence-electron chi connectivity index (χ4n) is 2.16. The third kappa shape index (κ3) is 2.97. The molecule has 1 saturated heterocycles. The average Bonchev–Trinajstić information content (AvgIpc) is 2.47. The summed E-state index contributed by atoms with van der Waals surface area (Å²) in [5, 5.41) is 23.6. The Morgan fingerprint density at radius 1 is 1.65 bits per heavy atom. The van der Waals surface area contributed by atoms with Gasteiger partial charge in [0.05, 0.1) is 30.8 Å². The van der Waals surface area contributed by atoms with E-state index in [1.54, 1.807) is 11.0 Å². The Labute approximate surface area is 116 Å². The van der Waals surface area contributed by atoms with Crippen LogP contribution in [-0.2, 0) is 4.74 Å². The van der Waals surface area contributed by atoms with E-state index in [0.717, 1.165) is 0 Å². The van der Waals surface area contributed by atoms with Crippen LogP contribution in [0.5, 0.6) is 0 Å². The molecule has 0 saturated carbocycles. The van der Waals surface area contributed by atoms with E-state index in [4.69, 9.17) is 4.74 Å². The van der Waals surface area contributed by atoms with Crippen LogP contribution in [0.3, 0.4) is 0 Å². The minimum Gasteiger partial charge on any atom is -0.394 e. The van der Waals surface area contributed by atoms with Crippen molar-refractivity contribution in [2.45, 2.75) is 13.0 Å². The fraction of sp³-hybridized carbons (Fsp3) is 0.583. The standard InChI is InChI=1S/C12H18N4O4/c1-2-13-11-4-3-10(16(18)19)12(14-11)15-5-6-20-8-9(15)7-17/h3-4,9,17H,2,5-8H2,1H3,(H,13,14). The number of aliphatic hydroxyl groups excluding tert-OH is 1. The van der Waals surface area contributed by atoms with Crippen LogP contribution < -0.4 is 10.2 Å². The molecule has 1 aromatic rings. The van der Waals surface area contributed by atoms with Gasteiger partial charge in [0.15, 0.2) is 0 Å². The van der Waals surface area contributed by atoms with Crippen molar-refractivity contribution in [2.24, 2.45) is 0 Å². The summed E-state index contributed by atoms with van der Waals surface area (Å²) in [7, 11) is 0. The number of aliphatic hydroxyl groups is 1. The van der Waals surface area contributed by atoms with Crippen LogP contribution in [0.4, 0.5) is 17.3 Å². The maximum atomic E-state index is 11.2. The molecule has 20 heavy (non-hydrogen) atoms. The van der Waals surface area contributed by atoms with Crippen LogP contribution >= 0.6 is 0 Å². The lowest BCUT2D eigenvalue weighted by molar-refractivity contribution is -0.384. The Bertz CT molecular complexity index is 483. The van der Waals surface area contributed by atoms with Crippen molar-refractivity contribution in [1.29, 1.82) is 0 Å². The summed E-state index contributed by atoms with van der Waals surface area (Å²) in [6.45, 7) is 3.73. The first kappa shape index (κ1) is 14.5. The predicted octanol–water partition coefficient (Wildman–Crippen LogP) is 0.619. The summed E-state index contributed by atoms with van der Waals surface area (Å²) in [5.41, 5.74) is -0.0630. The smallest absolute Gasteiger partial charge is 0.311 e. The lowest BCUT2D eigenvalue weighted by atomic mass is 10.2. The number of nitrogens with one attached hydrogen (secondary N) is 1. The normalized spacial score (nSPS) is 18.9. The molecule has 2 heterocycles. The van der Waals surface area contributed by atoms with E-state index >= 15 is 0 Å². The first-order chi connectivity index (χ1) is 9.67. The molecule has 2 N–H and O–H groups in total. The summed E-state index contributed by atoms with van der Waals surface area (Å²) < 4.78 is 5.29. The molecule has 1 fully saturated rings. The molecule has 1 unspecified atom stereocenters. The lowest BCUT2D eigenvalue weighted by Crippen LogP contribution is -2.48. The van der Waals surface area contributed by atoms with Crippen LogP contribution in [0.1, 0.15) is 6.92 Å². The molecule has 0 aliphatic carbocycles. The Balaban J connectivity index is 2.39. The van der Waals surface area contributed by atoms with Crippen LogP contribution in [-0.4, -0.2) is 54.0 Å². The number of nitro groups is 1. The quantitative estimate of drug-likeness (QED) is 0.603. The highest BCUT2D eigenvalue weighted by molar-refractivity contribution is 5.62. The third-order valence-corrected chi connectivity index (χ3v) is 3.12. The van der Waals surface area contributed by atoms with Crippen molar-refractivity contribution in [2.75, 3.05) is 43.1 Å². The number of pyridine rings is 1. The highest BCUT2D eigenvalue weighted by Crippen LogP contribution is 2.30. The topological polar surface area (TPSA) is 101 Å². The molecular formula is C12H18N4O4. The van der Waals surface area contributed by atoms with Gasteiger partial charge >= 0.3 is 5.69 Å². The number of nitrogens with zero attached hydrogens (tertiary/aromatic N) is 3. The zero-order valence-corrected chi connectivity index (χ0v) is 11.3. The Kier molecular flexibility index (Phi) is 4.70. The highest BCUT2D eigenvalue weighted by Gasteiger charge is 2.29. The zero-order valence-electron chi connectivity index (χ0n) is 11.3. The van der Waals surface area contributed by atoms with Crippen molar-refractivity contribution in [3.63, 3.8) is 0 Å². The number of ether oxygens (including phenoxy) is 1. The maximum Gasteiger partial charge on any atom is 0.311 e. The highest BCUT2D eigenvalue weighted by atomic mass is 16.6. The van der Waals surface area contributed by atoms with Crippen LogP contribution in [0.2, 0.25) is 0 Å². The molecule has 0 bridgehead atoms. The summed E-state index contributed by atoms with van der Waals surface area (Å²) in [6, 6.07) is 2.70. The Morgan fingerprint density at radius 2 is 2.45 bits per heavy atom. The largest absolute Gasteiger partial charge is 0.394 e. The van der Waals surface area contributed by atoms with Crippen LogP contribution in [0.15, 0.2) is 12.1 Å². The molecule has 8 heteroatoms. The number of anilines is 2. The van der Waals surface area contributed by atoms with E-state index in [0.29, 0.717) is 32.1 Å². The SMILES string of the molecule is CCNc1ccc([N+](=O)[O-])c(N2CCOCC2CO)n1. The van der Waals surface area contributed by atoms with Crippen molar-refractivity contribution in [3.8, 4) is 0 Å². The van der Waals surface area contributed by atoms with E-state index in [1.807, 2.05) is 6.92 Å². The molecule has 2 rings (SSSR count). The average molecular weight is 282 g/mol. The molecule has 0 aromatic carbocycles. The minimum atomic E-state index is -0.456. The van der Waals surface area contributed by atoms with E-state index in [9.17, 15) is 15.2 Å². The van der Waals surface area contributed by atoms with Gasteiger partial charge in [-0.15, -0.1) is 0 Å². The van der Waals surface area contributed by atoms with Crippen molar-refractivity contribution >= 4 is 17.3 Å². The zero-order chi connectivity index (χ0) is 14.5. The molecular weight excluding hydrogens is 264 g/mol. The second-order valence-corrected chi connectivity index (χ2v) is 4.43. The van der Waals surface area contributed by atoms with Gasteiger partial charge < -0.3 is 20.1 Å². The second-order valence-electron chi connectivity index (χ2n) is 4.43. The maximum absolute atomic E-state index is 11.2. The number of morpholine rings is 1. The van der Waals surface area contributed by atoms with Crippen molar-refractivity contribution in [1.82, 2.24) is 4.98 Å². The van der Waals surface area contributed by atoms with Crippen molar-refractivity contribution in [3.05, 3.63) is 22.2 Å². The molecule has 0 amide bonds. The van der Waals surface area contributed by atoms with Gasteiger partial charge in [0.25, 0.3) is 0 Å². The number of hydrogen-bond donors (Lipinski definition) is 2. The molecule has 0 radical (unpaired) electrons. The Hall–Kier alpha value is -1.93. The summed E-state index contributed by atoms with van der Waals surface area (Å²) in [5.74, 6) is 0.854. The second kappa shape index (κ2) is 6.49. The van der Waals surface area contributed by atoms with E-state index in [-0.39, 0.29) is 24.2 Å². The molecule has 1 aliphatic rings. The van der Waals surface area contributed by atoms with E-state index in [1.165, 1.54) is 6.07 Å². The summed E-state index contributed by atoms with van der Waals surface area (Å²) in [6.07, 6.45) is 0. The summed E-state index contributed by atoms with van der Waals surface area (Å²) in [4.78, 5) is 16.7. The molecule has 8 nitrogen and oxygen atoms in total. The summed E-state index contributed by atoms with van der Waals surface area (Å²) >= 11 is 0. The van der Waals surface area contributed by atoms with Gasteiger partial charge in [-0.25, -0.2) is 4.98 Å². The third-order valence-electron chi connectivity index (χ3n) is 3.12. The Morgan fingerprint density at radius 3 is 3.10 bits per heavy atom. The van der Waals surface area contributed by atoms with Crippen molar-refractivity contribution < 1.29 is 14.8 Å². The minimum absolute atomic E-state index is 0.0630. The fourth-order valence-corrected chi connectivity index (χ4v) is 2.16. The first-order valence-electron chi connectivity index (χ1n) is 6.52. The van der Waals surface area contributed by atoms with Gasteiger partial charge in [-0.1, -0.05) is 0 Å². The van der Waals surface area contributed by atoms with Crippen LogP contribution in [0.25, 0.3) is 0 Å². The van der Waals surface area contributed by atoms with Gasteiger partial charge in [0.2, 0.25) is 5.82 Å². The molecule has 0 spiro atoms. The van der Waals surface area contributed by atoms with Gasteiger partial charge in [0, 0.05) is 19.2 Å². The van der Waals surface area contributed by atoms with Crippen LogP contribution in [0, 0.1) is 10.1 Å². The van der Waals surface area contributed by atoms with E-state index in [2.05, 4.69) is 10.3 Å².